The first-order chi connectivity index (χ1) is 19.4. The maximum atomic E-state index is 12.6. The van der Waals surface area contributed by atoms with Gasteiger partial charge in [0, 0.05) is 49.4 Å². The van der Waals surface area contributed by atoms with Crippen molar-refractivity contribution < 1.29 is 19.4 Å². The summed E-state index contributed by atoms with van der Waals surface area (Å²) in [5, 5.41) is 18.0. The van der Waals surface area contributed by atoms with Crippen LogP contribution < -0.4 is 15.8 Å². The summed E-state index contributed by atoms with van der Waals surface area (Å²) in [5.41, 5.74) is 9.07. The number of benzene rings is 2. The monoisotopic (exact) mass is 581 g/mol. The summed E-state index contributed by atoms with van der Waals surface area (Å²) in [6.45, 7) is 0.0419. The Labute approximate surface area is 241 Å². The molecule has 1 unspecified atom stereocenters. The molecule has 0 radical (unpaired) electrons. The SMILES string of the molecule is NC(=O)C(Cc1ccccc1)NC(=O)CCCOc1c(CCO)c(-c2cccnc2)nn1-c1ccc(Cl)c(Cl)c1. The van der Waals surface area contributed by atoms with E-state index < -0.39 is 11.9 Å². The molecule has 208 valence electrons. The number of carbonyl (C=O) groups excluding carboxylic acids is 2. The van der Waals surface area contributed by atoms with Gasteiger partial charge in [0.15, 0.2) is 0 Å². The summed E-state index contributed by atoms with van der Waals surface area (Å²) in [5.74, 6) is -0.505. The highest BCUT2D eigenvalue weighted by molar-refractivity contribution is 6.42. The Morgan fingerprint density at radius 3 is 2.55 bits per heavy atom. The van der Waals surface area contributed by atoms with Crippen LogP contribution in [-0.4, -0.2) is 50.9 Å². The predicted octanol–water partition coefficient (Wildman–Crippen LogP) is 4.15. The molecule has 2 aromatic heterocycles. The van der Waals surface area contributed by atoms with Gasteiger partial charge in [0.25, 0.3) is 0 Å². The summed E-state index contributed by atoms with van der Waals surface area (Å²) >= 11 is 12.4. The number of aromatic nitrogens is 3. The fourth-order valence-corrected chi connectivity index (χ4v) is 4.48. The van der Waals surface area contributed by atoms with Crippen molar-refractivity contribution in [2.45, 2.75) is 31.7 Å². The van der Waals surface area contributed by atoms with Crippen LogP contribution in [0, 0.1) is 0 Å². The van der Waals surface area contributed by atoms with Gasteiger partial charge >= 0.3 is 0 Å². The van der Waals surface area contributed by atoms with Crippen LogP contribution in [0.1, 0.15) is 24.0 Å². The second kappa shape index (κ2) is 13.9. The molecule has 0 bridgehead atoms. The molecule has 4 aromatic rings. The quantitative estimate of drug-likeness (QED) is 0.203. The van der Waals surface area contributed by atoms with E-state index in [1.54, 1.807) is 41.3 Å². The van der Waals surface area contributed by atoms with Crippen LogP contribution >= 0.6 is 23.2 Å². The maximum absolute atomic E-state index is 12.6. The van der Waals surface area contributed by atoms with Gasteiger partial charge in [0.2, 0.25) is 17.7 Å². The number of carbonyl (C=O) groups is 2. The van der Waals surface area contributed by atoms with Crippen molar-refractivity contribution in [3.63, 3.8) is 0 Å². The standard InChI is InChI=1S/C29H29Cl2N5O4/c30-23-11-10-21(17-24(23)31)36-29(22(12-14-37)27(35-36)20-8-4-13-33-18-20)40-15-5-9-26(38)34-25(28(32)39)16-19-6-2-1-3-7-19/h1-4,6-8,10-11,13,17-18,25,37H,5,9,12,14-16H2,(H2,32,39)(H,34,38). The molecule has 4 N–H and O–H groups in total. The van der Waals surface area contributed by atoms with Crippen molar-refractivity contribution in [1.82, 2.24) is 20.1 Å². The summed E-state index contributed by atoms with van der Waals surface area (Å²) < 4.78 is 7.76. The third-order valence-electron chi connectivity index (χ3n) is 6.13. The number of amides is 2. The van der Waals surface area contributed by atoms with Crippen LogP contribution in [-0.2, 0) is 22.4 Å². The van der Waals surface area contributed by atoms with E-state index in [1.165, 1.54) is 0 Å². The number of nitrogens with one attached hydrogen (secondary N) is 1. The van der Waals surface area contributed by atoms with Gasteiger partial charge < -0.3 is 20.9 Å². The highest BCUT2D eigenvalue weighted by atomic mass is 35.5. The van der Waals surface area contributed by atoms with Gasteiger partial charge in [-0.15, -0.1) is 0 Å². The van der Waals surface area contributed by atoms with Crippen LogP contribution in [0.15, 0.2) is 73.1 Å². The molecule has 40 heavy (non-hydrogen) atoms. The van der Waals surface area contributed by atoms with Gasteiger partial charge in [-0.2, -0.15) is 5.10 Å². The number of rotatable bonds is 13. The molecule has 1 atom stereocenters. The van der Waals surface area contributed by atoms with Crippen molar-refractivity contribution in [2.75, 3.05) is 13.2 Å². The number of aliphatic hydroxyl groups is 1. The lowest BCUT2D eigenvalue weighted by atomic mass is 10.1. The minimum absolute atomic E-state index is 0.115. The fraction of sp³-hybridized carbons (Fsp3) is 0.241. The number of primary amides is 1. The molecule has 0 aliphatic carbocycles. The molecule has 2 aromatic carbocycles. The van der Waals surface area contributed by atoms with E-state index >= 15 is 0 Å². The molecule has 2 amide bonds. The van der Waals surface area contributed by atoms with Gasteiger partial charge in [0.1, 0.15) is 11.7 Å². The molecule has 11 heteroatoms. The Kier molecular flexibility index (Phi) is 10.1. The molecular formula is C29H29Cl2N5O4. The Morgan fingerprint density at radius 1 is 1.07 bits per heavy atom. The summed E-state index contributed by atoms with van der Waals surface area (Å²) in [7, 11) is 0. The largest absolute Gasteiger partial charge is 0.477 e. The lowest BCUT2D eigenvalue weighted by molar-refractivity contribution is -0.127. The molecule has 4 rings (SSSR count). The van der Waals surface area contributed by atoms with E-state index in [4.69, 9.17) is 38.8 Å². The number of ether oxygens (including phenoxy) is 1. The van der Waals surface area contributed by atoms with Crippen molar-refractivity contribution >= 4 is 35.0 Å². The zero-order chi connectivity index (χ0) is 28.5. The maximum Gasteiger partial charge on any atom is 0.240 e. The van der Waals surface area contributed by atoms with Crippen LogP contribution in [0.5, 0.6) is 5.88 Å². The van der Waals surface area contributed by atoms with Crippen LogP contribution in [0.3, 0.4) is 0 Å². The molecule has 0 aliphatic rings. The van der Waals surface area contributed by atoms with Crippen LogP contribution in [0.25, 0.3) is 16.9 Å². The lowest BCUT2D eigenvalue weighted by Crippen LogP contribution is -2.45. The van der Waals surface area contributed by atoms with Crippen molar-refractivity contribution in [3.8, 4) is 22.8 Å². The topological polar surface area (TPSA) is 132 Å². The fourth-order valence-electron chi connectivity index (χ4n) is 4.19. The zero-order valence-electron chi connectivity index (χ0n) is 21.6. The first kappa shape index (κ1) is 29.1. The number of halogens is 2. The highest BCUT2D eigenvalue weighted by Crippen LogP contribution is 2.34. The van der Waals surface area contributed by atoms with Crippen LogP contribution in [0.4, 0.5) is 0 Å². The minimum atomic E-state index is -0.815. The molecule has 0 aliphatic heterocycles. The first-order valence-electron chi connectivity index (χ1n) is 12.7. The summed E-state index contributed by atoms with van der Waals surface area (Å²) in [6, 6.07) is 17.3. The Bertz CT molecular complexity index is 1450. The second-order valence-electron chi connectivity index (χ2n) is 9.02. The molecule has 9 nitrogen and oxygen atoms in total. The van der Waals surface area contributed by atoms with Gasteiger partial charge in [-0.3, -0.25) is 14.6 Å². The van der Waals surface area contributed by atoms with Crippen molar-refractivity contribution in [2.24, 2.45) is 5.73 Å². The predicted molar refractivity (Wildman–Crippen MR) is 154 cm³/mol. The number of hydrogen-bond acceptors (Lipinski definition) is 6. The summed E-state index contributed by atoms with van der Waals surface area (Å²) in [6.07, 6.45) is 4.40. The number of pyridine rings is 1. The number of nitrogens with two attached hydrogens (primary N) is 1. The average Bonchev–Trinajstić information content (AvgIpc) is 3.31. The molecule has 0 spiro atoms. The van der Waals surface area contributed by atoms with Crippen LogP contribution in [0.2, 0.25) is 10.0 Å². The smallest absolute Gasteiger partial charge is 0.240 e. The molecule has 2 heterocycles. The number of nitrogens with zero attached hydrogens (tertiary/aromatic N) is 3. The average molecular weight is 582 g/mol. The minimum Gasteiger partial charge on any atom is -0.477 e. The number of hydrogen-bond donors (Lipinski definition) is 3. The zero-order valence-corrected chi connectivity index (χ0v) is 23.1. The highest BCUT2D eigenvalue weighted by Gasteiger charge is 2.23. The normalized spacial score (nSPS) is 11.7. The van der Waals surface area contributed by atoms with Gasteiger partial charge in [-0.05, 0) is 42.3 Å². The third-order valence-corrected chi connectivity index (χ3v) is 6.87. The van der Waals surface area contributed by atoms with E-state index in [0.717, 1.165) is 11.1 Å². The third kappa shape index (κ3) is 7.38. The van der Waals surface area contributed by atoms with Gasteiger partial charge in [0.05, 0.1) is 22.3 Å². The van der Waals surface area contributed by atoms with Gasteiger partial charge in [-0.1, -0.05) is 53.5 Å². The van der Waals surface area contributed by atoms with Crippen molar-refractivity contribution in [3.05, 3.63) is 94.2 Å². The second-order valence-corrected chi connectivity index (χ2v) is 9.84. The summed E-state index contributed by atoms with van der Waals surface area (Å²) in [4.78, 5) is 28.7. The lowest BCUT2D eigenvalue weighted by Gasteiger charge is -2.16. The van der Waals surface area contributed by atoms with E-state index in [-0.39, 0.29) is 32.0 Å². The van der Waals surface area contributed by atoms with Crippen molar-refractivity contribution in [1.29, 1.82) is 0 Å². The Hall–Kier alpha value is -3.92. The van der Waals surface area contributed by atoms with E-state index in [1.807, 2.05) is 36.4 Å². The van der Waals surface area contributed by atoms with Gasteiger partial charge in [-0.25, -0.2) is 4.68 Å². The number of aliphatic hydroxyl groups excluding tert-OH is 1. The van der Waals surface area contributed by atoms with E-state index in [2.05, 4.69) is 10.3 Å². The van der Waals surface area contributed by atoms with E-state index in [0.29, 0.717) is 45.7 Å². The molecular weight excluding hydrogens is 553 g/mol. The Balaban J connectivity index is 1.49. The molecule has 0 fully saturated rings. The van der Waals surface area contributed by atoms with E-state index in [9.17, 15) is 14.7 Å². The Morgan fingerprint density at radius 2 is 1.88 bits per heavy atom. The first-order valence-corrected chi connectivity index (χ1v) is 13.5. The molecule has 0 saturated heterocycles. The molecule has 0 saturated carbocycles.